The van der Waals surface area contributed by atoms with Crippen LogP contribution < -0.4 is 5.32 Å². The van der Waals surface area contributed by atoms with E-state index in [0.717, 1.165) is 10.9 Å². The lowest BCUT2D eigenvalue weighted by atomic mass is 10.2. The highest BCUT2D eigenvalue weighted by Crippen LogP contribution is 2.21. The van der Waals surface area contributed by atoms with E-state index < -0.39 is 0 Å². The summed E-state index contributed by atoms with van der Waals surface area (Å²) in [6.45, 7) is 0. The molecule has 4 nitrogen and oxygen atoms in total. The minimum absolute atomic E-state index is 0.243. The SMILES string of the molecule is O=C(C=Cc1ccccc1)Nc1noc2ccccc12. The smallest absolute Gasteiger partial charge is 0.249 e. The molecule has 3 rings (SSSR count). The number of aromatic nitrogens is 1. The van der Waals surface area contributed by atoms with Crippen LogP contribution >= 0.6 is 0 Å². The molecule has 4 heteroatoms. The zero-order valence-corrected chi connectivity index (χ0v) is 10.6. The van der Waals surface area contributed by atoms with Gasteiger partial charge in [-0.3, -0.25) is 4.79 Å². The van der Waals surface area contributed by atoms with Crippen molar-refractivity contribution in [2.75, 3.05) is 5.32 Å². The molecule has 2 aromatic carbocycles. The number of carbonyl (C=O) groups is 1. The predicted octanol–water partition coefficient (Wildman–Crippen LogP) is 3.48. The number of nitrogens with one attached hydrogen (secondary N) is 1. The summed E-state index contributed by atoms with van der Waals surface area (Å²) in [7, 11) is 0. The summed E-state index contributed by atoms with van der Waals surface area (Å²) in [5.41, 5.74) is 1.61. The van der Waals surface area contributed by atoms with E-state index in [1.54, 1.807) is 12.1 Å². The van der Waals surface area contributed by atoms with E-state index in [4.69, 9.17) is 4.52 Å². The first-order valence-electron chi connectivity index (χ1n) is 6.21. The summed E-state index contributed by atoms with van der Waals surface area (Å²) in [6, 6.07) is 17.0. The van der Waals surface area contributed by atoms with Gasteiger partial charge in [-0.1, -0.05) is 47.6 Å². The van der Waals surface area contributed by atoms with Crippen molar-refractivity contribution < 1.29 is 9.32 Å². The molecule has 0 spiro atoms. The van der Waals surface area contributed by atoms with Crippen LogP contribution in [0.4, 0.5) is 5.82 Å². The van der Waals surface area contributed by atoms with Gasteiger partial charge in [0, 0.05) is 6.08 Å². The molecule has 0 fully saturated rings. The van der Waals surface area contributed by atoms with Crippen LogP contribution in [-0.2, 0) is 4.79 Å². The standard InChI is InChI=1S/C16H12N2O2/c19-15(11-10-12-6-2-1-3-7-12)17-16-13-8-4-5-9-14(13)20-18-16/h1-11H,(H,17,18,19). The molecule has 0 unspecified atom stereocenters. The lowest BCUT2D eigenvalue weighted by Gasteiger charge is -1.96. The maximum absolute atomic E-state index is 11.8. The highest BCUT2D eigenvalue weighted by molar-refractivity contribution is 6.05. The second-order valence-electron chi connectivity index (χ2n) is 4.26. The first-order chi connectivity index (χ1) is 9.83. The maximum Gasteiger partial charge on any atom is 0.249 e. The van der Waals surface area contributed by atoms with Crippen LogP contribution in [0.2, 0.25) is 0 Å². The molecule has 1 heterocycles. The minimum Gasteiger partial charge on any atom is -0.354 e. The molecular formula is C16H12N2O2. The highest BCUT2D eigenvalue weighted by Gasteiger charge is 2.08. The number of amides is 1. The first-order valence-corrected chi connectivity index (χ1v) is 6.21. The summed E-state index contributed by atoms with van der Waals surface area (Å²) in [5.74, 6) is 0.191. The number of para-hydroxylation sites is 1. The highest BCUT2D eigenvalue weighted by atomic mass is 16.5. The summed E-state index contributed by atoms with van der Waals surface area (Å²) in [5, 5.41) is 7.34. The third-order valence-corrected chi connectivity index (χ3v) is 2.85. The molecule has 1 amide bonds. The van der Waals surface area contributed by atoms with Gasteiger partial charge in [0.1, 0.15) is 0 Å². The monoisotopic (exact) mass is 264 g/mol. The van der Waals surface area contributed by atoms with Gasteiger partial charge in [-0.05, 0) is 23.8 Å². The molecule has 20 heavy (non-hydrogen) atoms. The fourth-order valence-electron chi connectivity index (χ4n) is 1.87. The molecule has 0 aliphatic carbocycles. The number of benzene rings is 2. The Morgan fingerprint density at radius 2 is 1.80 bits per heavy atom. The third kappa shape index (κ3) is 2.59. The Morgan fingerprint density at radius 1 is 1.05 bits per heavy atom. The summed E-state index contributed by atoms with van der Waals surface area (Å²) < 4.78 is 5.12. The molecule has 3 aromatic rings. The Morgan fingerprint density at radius 3 is 2.65 bits per heavy atom. The fraction of sp³-hybridized carbons (Fsp3) is 0. The van der Waals surface area contributed by atoms with Gasteiger partial charge in [-0.15, -0.1) is 0 Å². The van der Waals surface area contributed by atoms with Crippen molar-refractivity contribution in [3.63, 3.8) is 0 Å². The number of hydrogen-bond donors (Lipinski definition) is 1. The van der Waals surface area contributed by atoms with Crippen molar-refractivity contribution in [1.29, 1.82) is 0 Å². The molecule has 0 atom stereocenters. The van der Waals surface area contributed by atoms with Crippen LogP contribution in [-0.4, -0.2) is 11.1 Å². The van der Waals surface area contributed by atoms with E-state index in [2.05, 4.69) is 10.5 Å². The number of carbonyl (C=O) groups excluding carboxylic acids is 1. The average molecular weight is 264 g/mol. The Kier molecular flexibility index (Phi) is 3.29. The van der Waals surface area contributed by atoms with E-state index in [9.17, 15) is 4.79 Å². The van der Waals surface area contributed by atoms with E-state index in [1.807, 2.05) is 48.5 Å². The lowest BCUT2D eigenvalue weighted by Crippen LogP contribution is -2.08. The van der Waals surface area contributed by atoms with Crippen molar-refractivity contribution in [2.24, 2.45) is 0 Å². The second kappa shape index (κ2) is 5.40. The normalized spacial score (nSPS) is 11.0. The van der Waals surface area contributed by atoms with Gasteiger partial charge >= 0.3 is 0 Å². The summed E-state index contributed by atoms with van der Waals surface area (Å²) in [6.07, 6.45) is 3.22. The van der Waals surface area contributed by atoms with E-state index in [-0.39, 0.29) is 5.91 Å². The van der Waals surface area contributed by atoms with Crippen LogP contribution in [0.5, 0.6) is 0 Å². The Bertz CT molecular complexity index is 760. The van der Waals surface area contributed by atoms with Crippen LogP contribution in [0.25, 0.3) is 17.0 Å². The molecule has 0 radical (unpaired) electrons. The molecular weight excluding hydrogens is 252 g/mol. The number of nitrogens with zero attached hydrogens (tertiary/aromatic N) is 1. The van der Waals surface area contributed by atoms with Gasteiger partial charge in [0.15, 0.2) is 11.4 Å². The zero-order valence-electron chi connectivity index (χ0n) is 10.6. The van der Waals surface area contributed by atoms with Crippen molar-refractivity contribution in [2.45, 2.75) is 0 Å². The molecule has 0 saturated heterocycles. The van der Waals surface area contributed by atoms with E-state index in [1.165, 1.54) is 6.08 Å². The first kappa shape index (κ1) is 12.2. The van der Waals surface area contributed by atoms with Gasteiger partial charge in [0.05, 0.1) is 5.39 Å². The molecule has 98 valence electrons. The number of fused-ring (bicyclic) bond motifs is 1. The van der Waals surface area contributed by atoms with Crippen LogP contribution in [0.15, 0.2) is 65.2 Å². The molecule has 0 aliphatic rings. The van der Waals surface area contributed by atoms with Gasteiger partial charge in [0.25, 0.3) is 0 Å². The van der Waals surface area contributed by atoms with Gasteiger partial charge < -0.3 is 9.84 Å². The number of anilines is 1. The summed E-state index contributed by atoms with van der Waals surface area (Å²) >= 11 is 0. The number of hydrogen-bond acceptors (Lipinski definition) is 3. The fourth-order valence-corrected chi connectivity index (χ4v) is 1.87. The Hall–Kier alpha value is -2.88. The minimum atomic E-state index is -0.243. The van der Waals surface area contributed by atoms with Crippen molar-refractivity contribution in [3.8, 4) is 0 Å². The van der Waals surface area contributed by atoms with Crippen LogP contribution in [0.3, 0.4) is 0 Å². The van der Waals surface area contributed by atoms with Gasteiger partial charge in [0.2, 0.25) is 5.91 Å². The predicted molar refractivity (Wildman–Crippen MR) is 78.1 cm³/mol. The van der Waals surface area contributed by atoms with Crippen LogP contribution in [0.1, 0.15) is 5.56 Å². The Labute approximate surface area is 115 Å². The largest absolute Gasteiger partial charge is 0.354 e. The second-order valence-corrected chi connectivity index (χ2v) is 4.26. The van der Waals surface area contributed by atoms with E-state index in [0.29, 0.717) is 11.4 Å². The average Bonchev–Trinajstić information content (AvgIpc) is 2.90. The molecule has 0 bridgehead atoms. The van der Waals surface area contributed by atoms with Crippen molar-refractivity contribution >= 4 is 28.8 Å². The molecule has 0 saturated carbocycles. The molecule has 1 aromatic heterocycles. The molecule has 0 aliphatic heterocycles. The number of rotatable bonds is 3. The van der Waals surface area contributed by atoms with Crippen LogP contribution in [0, 0.1) is 0 Å². The molecule has 1 N–H and O–H groups in total. The Balaban J connectivity index is 1.75. The summed E-state index contributed by atoms with van der Waals surface area (Å²) in [4.78, 5) is 11.8. The topological polar surface area (TPSA) is 55.1 Å². The third-order valence-electron chi connectivity index (χ3n) is 2.85. The van der Waals surface area contributed by atoms with Crippen molar-refractivity contribution in [3.05, 3.63) is 66.2 Å². The van der Waals surface area contributed by atoms with Gasteiger partial charge in [-0.25, -0.2) is 0 Å². The zero-order chi connectivity index (χ0) is 13.8. The quantitative estimate of drug-likeness (QED) is 0.737. The maximum atomic E-state index is 11.8. The lowest BCUT2D eigenvalue weighted by molar-refractivity contribution is -0.111. The van der Waals surface area contributed by atoms with Gasteiger partial charge in [-0.2, -0.15) is 0 Å². The van der Waals surface area contributed by atoms with Crippen molar-refractivity contribution in [1.82, 2.24) is 5.16 Å². The van der Waals surface area contributed by atoms with E-state index >= 15 is 0 Å².